The van der Waals surface area contributed by atoms with Crippen LogP contribution in [0.15, 0.2) is 53.0 Å². The second kappa shape index (κ2) is 13.3. The Kier molecular flexibility index (Phi) is 10.7. The van der Waals surface area contributed by atoms with Gasteiger partial charge in [0.05, 0.1) is 4.47 Å². The summed E-state index contributed by atoms with van der Waals surface area (Å²) in [5.74, 6) is 0.655. The maximum Gasteiger partial charge on any atom is 0.261 e. The van der Waals surface area contributed by atoms with Crippen LogP contribution in [-0.4, -0.2) is 42.5 Å². The van der Waals surface area contributed by atoms with Crippen molar-refractivity contribution >= 4 is 27.7 Å². The number of halogens is 1. The fourth-order valence-electron chi connectivity index (χ4n) is 3.42. The zero-order chi connectivity index (χ0) is 23.5. The van der Waals surface area contributed by atoms with Crippen molar-refractivity contribution in [2.75, 3.05) is 19.7 Å². The fraction of sp³-hybridized carbons (Fsp3) is 0.462. The van der Waals surface area contributed by atoms with Gasteiger partial charge in [-0.15, -0.1) is 0 Å². The van der Waals surface area contributed by atoms with Crippen LogP contribution in [0.3, 0.4) is 0 Å². The average Bonchev–Trinajstić information content (AvgIpc) is 2.79. The third-order valence-electron chi connectivity index (χ3n) is 5.31. The Morgan fingerprint density at radius 2 is 1.78 bits per heavy atom. The minimum atomic E-state index is -0.528. The number of carbonyl (C=O) groups is 2. The molecule has 0 aliphatic heterocycles. The molecule has 6 heteroatoms. The molecule has 0 spiro atoms. The lowest BCUT2D eigenvalue weighted by Crippen LogP contribution is -2.51. The lowest BCUT2D eigenvalue weighted by atomic mass is 10.1. The van der Waals surface area contributed by atoms with Gasteiger partial charge in [0.2, 0.25) is 5.91 Å². The van der Waals surface area contributed by atoms with Crippen molar-refractivity contribution in [3.63, 3.8) is 0 Å². The van der Waals surface area contributed by atoms with E-state index >= 15 is 0 Å². The topological polar surface area (TPSA) is 58.6 Å². The molecule has 0 bridgehead atoms. The minimum Gasteiger partial charge on any atom is -0.483 e. The summed E-state index contributed by atoms with van der Waals surface area (Å²) < 4.78 is 6.66. The maximum absolute atomic E-state index is 13.2. The summed E-state index contributed by atoms with van der Waals surface area (Å²) in [5, 5.41) is 2.98. The van der Waals surface area contributed by atoms with Gasteiger partial charge in [-0.1, -0.05) is 64.1 Å². The summed E-state index contributed by atoms with van der Waals surface area (Å²) in [6.07, 6.45) is 2.14. The third-order valence-corrected chi connectivity index (χ3v) is 5.93. The number of nitrogens with zero attached hydrogens (tertiary/aromatic N) is 1. The van der Waals surface area contributed by atoms with Gasteiger partial charge in [0.15, 0.2) is 6.61 Å². The number of benzene rings is 2. The zero-order valence-electron chi connectivity index (χ0n) is 19.6. The fourth-order valence-corrected chi connectivity index (χ4v) is 3.96. The van der Waals surface area contributed by atoms with E-state index < -0.39 is 6.04 Å². The van der Waals surface area contributed by atoms with Crippen molar-refractivity contribution in [2.24, 2.45) is 5.92 Å². The number of aryl methyl sites for hydroxylation is 1. The molecule has 1 unspecified atom stereocenters. The molecule has 1 N–H and O–H groups in total. The molecule has 174 valence electrons. The van der Waals surface area contributed by atoms with E-state index in [9.17, 15) is 9.59 Å². The van der Waals surface area contributed by atoms with Crippen LogP contribution in [0, 0.1) is 5.92 Å². The highest BCUT2D eigenvalue weighted by molar-refractivity contribution is 9.10. The molecule has 0 aliphatic carbocycles. The van der Waals surface area contributed by atoms with Crippen molar-refractivity contribution in [2.45, 2.75) is 53.0 Å². The van der Waals surface area contributed by atoms with E-state index in [1.54, 1.807) is 4.90 Å². The molecule has 2 rings (SSSR count). The van der Waals surface area contributed by atoms with Crippen LogP contribution < -0.4 is 10.1 Å². The Hall–Kier alpha value is -2.34. The second-order valence-electron chi connectivity index (χ2n) is 8.29. The standard InChI is InChI=1S/C26H35BrN2O3/c1-5-20-12-13-24(22(27)16-20)32-18-25(30)29(15-14-21-10-8-7-9-11-21)23(6-2)26(31)28-17-19(3)4/h7-13,16,19,23H,5-6,14-15,17-18H2,1-4H3,(H,28,31). The molecule has 2 aromatic carbocycles. The van der Waals surface area contributed by atoms with Gasteiger partial charge in [-0.25, -0.2) is 0 Å². The molecule has 0 aromatic heterocycles. The maximum atomic E-state index is 13.2. The molecular weight excluding hydrogens is 468 g/mol. The number of nitrogens with one attached hydrogen (secondary N) is 1. The summed E-state index contributed by atoms with van der Waals surface area (Å²) in [4.78, 5) is 27.8. The summed E-state index contributed by atoms with van der Waals surface area (Å²) in [6.45, 7) is 9.05. The molecule has 0 aliphatic rings. The van der Waals surface area contributed by atoms with Crippen LogP contribution in [0.2, 0.25) is 0 Å². The predicted molar refractivity (Wildman–Crippen MR) is 133 cm³/mol. The van der Waals surface area contributed by atoms with Crippen LogP contribution in [0.25, 0.3) is 0 Å². The zero-order valence-corrected chi connectivity index (χ0v) is 21.2. The molecule has 1 atom stereocenters. The SMILES string of the molecule is CCc1ccc(OCC(=O)N(CCc2ccccc2)C(CC)C(=O)NCC(C)C)c(Br)c1. The van der Waals surface area contributed by atoms with E-state index in [4.69, 9.17) is 4.74 Å². The van der Waals surface area contributed by atoms with E-state index in [1.807, 2.05) is 55.5 Å². The minimum absolute atomic E-state index is 0.115. The quantitative estimate of drug-likeness (QED) is 0.443. The van der Waals surface area contributed by atoms with E-state index in [0.717, 1.165) is 16.5 Å². The lowest BCUT2D eigenvalue weighted by Gasteiger charge is -2.31. The first-order chi connectivity index (χ1) is 15.3. The normalized spacial score (nSPS) is 11.8. The van der Waals surface area contributed by atoms with Crippen LogP contribution >= 0.6 is 15.9 Å². The summed E-state index contributed by atoms with van der Waals surface area (Å²) in [7, 11) is 0. The van der Waals surface area contributed by atoms with Gasteiger partial charge in [-0.05, 0) is 64.4 Å². The van der Waals surface area contributed by atoms with Gasteiger partial charge in [-0.3, -0.25) is 9.59 Å². The molecule has 0 heterocycles. The van der Waals surface area contributed by atoms with E-state index in [0.29, 0.717) is 37.6 Å². The van der Waals surface area contributed by atoms with Gasteiger partial charge in [0, 0.05) is 13.1 Å². The Balaban J connectivity index is 2.13. The van der Waals surface area contributed by atoms with E-state index in [2.05, 4.69) is 42.0 Å². The van der Waals surface area contributed by atoms with Gasteiger partial charge < -0.3 is 15.0 Å². The van der Waals surface area contributed by atoms with Crippen molar-refractivity contribution < 1.29 is 14.3 Å². The molecule has 0 saturated carbocycles. The smallest absolute Gasteiger partial charge is 0.261 e. The van der Waals surface area contributed by atoms with Gasteiger partial charge >= 0.3 is 0 Å². The van der Waals surface area contributed by atoms with Gasteiger partial charge in [0.1, 0.15) is 11.8 Å². The summed E-state index contributed by atoms with van der Waals surface area (Å²) in [6, 6.07) is 15.3. The van der Waals surface area contributed by atoms with Crippen LogP contribution in [0.5, 0.6) is 5.75 Å². The van der Waals surface area contributed by atoms with Gasteiger partial charge in [-0.2, -0.15) is 0 Å². The van der Waals surface area contributed by atoms with Crippen LogP contribution in [0.1, 0.15) is 45.2 Å². The van der Waals surface area contributed by atoms with Crippen LogP contribution in [0.4, 0.5) is 0 Å². The lowest BCUT2D eigenvalue weighted by molar-refractivity contribution is -0.142. The number of hydrogen-bond donors (Lipinski definition) is 1. The monoisotopic (exact) mass is 502 g/mol. The molecule has 32 heavy (non-hydrogen) atoms. The van der Waals surface area contributed by atoms with Crippen LogP contribution in [-0.2, 0) is 22.4 Å². The number of rotatable bonds is 12. The highest BCUT2D eigenvalue weighted by atomic mass is 79.9. The molecule has 2 amide bonds. The molecule has 0 radical (unpaired) electrons. The Morgan fingerprint density at radius 3 is 2.38 bits per heavy atom. The Labute approximate surface area is 200 Å². The highest BCUT2D eigenvalue weighted by Crippen LogP contribution is 2.26. The number of amides is 2. The highest BCUT2D eigenvalue weighted by Gasteiger charge is 2.28. The van der Waals surface area contributed by atoms with E-state index in [1.165, 1.54) is 5.56 Å². The van der Waals surface area contributed by atoms with Crippen molar-refractivity contribution in [1.29, 1.82) is 0 Å². The second-order valence-corrected chi connectivity index (χ2v) is 9.15. The first-order valence-electron chi connectivity index (χ1n) is 11.4. The van der Waals surface area contributed by atoms with Gasteiger partial charge in [0.25, 0.3) is 5.91 Å². The number of hydrogen-bond acceptors (Lipinski definition) is 3. The largest absolute Gasteiger partial charge is 0.483 e. The molecule has 2 aromatic rings. The molecule has 0 fully saturated rings. The van der Waals surface area contributed by atoms with E-state index in [-0.39, 0.29) is 18.4 Å². The molecule has 0 saturated heterocycles. The average molecular weight is 503 g/mol. The summed E-state index contributed by atoms with van der Waals surface area (Å²) in [5.41, 5.74) is 2.31. The Morgan fingerprint density at radius 1 is 1.06 bits per heavy atom. The van der Waals surface area contributed by atoms with Crippen molar-refractivity contribution in [1.82, 2.24) is 10.2 Å². The summed E-state index contributed by atoms with van der Waals surface area (Å²) >= 11 is 3.52. The predicted octanol–water partition coefficient (Wildman–Crippen LogP) is 5.01. The first-order valence-corrected chi connectivity index (χ1v) is 12.2. The first kappa shape index (κ1) is 25.9. The third kappa shape index (κ3) is 7.97. The van der Waals surface area contributed by atoms with Crippen molar-refractivity contribution in [3.8, 4) is 5.75 Å². The number of carbonyl (C=O) groups excluding carboxylic acids is 2. The molecule has 5 nitrogen and oxygen atoms in total. The molecular formula is C26H35BrN2O3. The van der Waals surface area contributed by atoms with Crippen molar-refractivity contribution in [3.05, 3.63) is 64.1 Å². The number of ether oxygens (including phenoxy) is 1. The Bertz CT molecular complexity index is 871.